The van der Waals surface area contributed by atoms with Crippen molar-refractivity contribution in [3.05, 3.63) is 54.0 Å². The van der Waals surface area contributed by atoms with Gasteiger partial charge in [-0.1, -0.05) is 32.9 Å². The summed E-state index contributed by atoms with van der Waals surface area (Å²) in [6.07, 6.45) is 3.54. The Morgan fingerprint density at radius 3 is 2.62 bits per heavy atom. The Kier molecular flexibility index (Phi) is 5.44. The molecule has 1 fully saturated rings. The molecule has 4 rings (SSSR count). The second kappa shape index (κ2) is 7.88. The maximum absolute atomic E-state index is 13.2. The lowest BCUT2D eigenvalue weighted by Crippen LogP contribution is -2.29. The molecule has 6 nitrogen and oxygen atoms in total. The summed E-state index contributed by atoms with van der Waals surface area (Å²) in [4.78, 5) is 9.68. The topological polar surface area (TPSA) is 68.1 Å². The van der Waals surface area contributed by atoms with Crippen molar-refractivity contribution >= 4 is 21.2 Å². The van der Waals surface area contributed by atoms with E-state index in [-0.39, 0.29) is 5.92 Å². The first-order valence-electron chi connectivity index (χ1n) is 10.3. The lowest BCUT2D eigenvalue weighted by atomic mass is 10.0. The van der Waals surface area contributed by atoms with Crippen LogP contribution in [0.4, 0.5) is 0 Å². The molecule has 0 radical (unpaired) electrons. The fraction of sp³-hybridized carbons (Fsp3) is 0.455. The first-order valence-corrected chi connectivity index (χ1v) is 11.8. The summed E-state index contributed by atoms with van der Waals surface area (Å²) in [6.45, 7) is 8.15. The molecule has 1 saturated heterocycles. The smallest absolute Gasteiger partial charge is 0.243 e. The van der Waals surface area contributed by atoms with Crippen molar-refractivity contribution in [1.82, 2.24) is 18.8 Å². The highest BCUT2D eigenvalue weighted by molar-refractivity contribution is 7.89. The highest BCUT2D eigenvalue weighted by atomic mass is 32.2. The van der Waals surface area contributed by atoms with Crippen molar-refractivity contribution in [3.63, 3.8) is 0 Å². The van der Waals surface area contributed by atoms with Gasteiger partial charge in [0.1, 0.15) is 11.3 Å². The van der Waals surface area contributed by atoms with Crippen LogP contribution in [0.25, 0.3) is 11.2 Å². The van der Waals surface area contributed by atoms with Gasteiger partial charge in [0.05, 0.1) is 4.90 Å². The van der Waals surface area contributed by atoms with E-state index in [9.17, 15) is 8.42 Å². The van der Waals surface area contributed by atoms with Gasteiger partial charge in [0.15, 0.2) is 5.65 Å². The average molecular weight is 413 g/mol. The van der Waals surface area contributed by atoms with Crippen molar-refractivity contribution < 1.29 is 8.42 Å². The monoisotopic (exact) mass is 412 g/mol. The Morgan fingerprint density at radius 1 is 1.17 bits per heavy atom. The molecule has 1 aliphatic rings. The lowest BCUT2D eigenvalue weighted by Gasteiger charge is -2.17. The van der Waals surface area contributed by atoms with Gasteiger partial charge < -0.3 is 4.57 Å². The van der Waals surface area contributed by atoms with Gasteiger partial charge in [-0.3, -0.25) is 0 Å². The number of hydrogen-bond acceptors (Lipinski definition) is 4. The molecule has 0 spiro atoms. The molecule has 0 bridgehead atoms. The predicted octanol–water partition coefficient (Wildman–Crippen LogP) is 4.14. The van der Waals surface area contributed by atoms with E-state index in [1.807, 2.05) is 24.3 Å². The highest BCUT2D eigenvalue weighted by Crippen LogP contribution is 2.32. The van der Waals surface area contributed by atoms with Crippen molar-refractivity contribution in [2.75, 3.05) is 13.1 Å². The second-order valence-electron chi connectivity index (χ2n) is 8.04. The number of hydrogen-bond donors (Lipinski definition) is 0. The summed E-state index contributed by atoms with van der Waals surface area (Å²) < 4.78 is 30.1. The van der Waals surface area contributed by atoms with Crippen molar-refractivity contribution in [2.45, 2.75) is 56.9 Å². The predicted molar refractivity (Wildman–Crippen MR) is 114 cm³/mol. The van der Waals surface area contributed by atoms with Crippen LogP contribution in [0.1, 0.15) is 56.8 Å². The van der Waals surface area contributed by atoms with Gasteiger partial charge in [0, 0.05) is 31.7 Å². The molecule has 1 aromatic carbocycles. The zero-order valence-corrected chi connectivity index (χ0v) is 18.1. The normalized spacial score (nSPS) is 18.1. The number of aromatic nitrogens is 3. The first kappa shape index (κ1) is 20.0. The molecular weight excluding hydrogens is 384 g/mol. The Bertz CT molecular complexity index is 1100. The van der Waals surface area contributed by atoms with Gasteiger partial charge in [0.2, 0.25) is 10.0 Å². The number of aryl methyl sites for hydroxylation is 1. The van der Waals surface area contributed by atoms with E-state index in [1.54, 1.807) is 22.6 Å². The summed E-state index contributed by atoms with van der Waals surface area (Å²) in [5, 5.41) is 0. The molecule has 7 heteroatoms. The SMILES string of the molecule is CCCn1c([C@H]2CCN(S(=O)(=O)c3ccc(C(C)C)cc3)C2)nc2cccnc21. The van der Waals surface area contributed by atoms with Crippen LogP contribution in [0.3, 0.4) is 0 Å². The Labute approximate surface area is 172 Å². The molecule has 1 atom stereocenters. The van der Waals surface area contributed by atoms with Crippen LogP contribution in [0, 0.1) is 0 Å². The highest BCUT2D eigenvalue weighted by Gasteiger charge is 2.35. The van der Waals surface area contributed by atoms with E-state index in [1.165, 1.54) is 0 Å². The number of fused-ring (bicyclic) bond motifs is 1. The van der Waals surface area contributed by atoms with Crippen LogP contribution >= 0.6 is 0 Å². The van der Waals surface area contributed by atoms with Gasteiger partial charge in [-0.05, 0) is 48.6 Å². The molecule has 3 aromatic rings. The molecular formula is C22H28N4O2S. The largest absolute Gasteiger partial charge is 0.312 e. The fourth-order valence-electron chi connectivity index (χ4n) is 4.06. The van der Waals surface area contributed by atoms with E-state index in [0.717, 1.165) is 41.9 Å². The van der Waals surface area contributed by atoms with Gasteiger partial charge >= 0.3 is 0 Å². The molecule has 0 amide bonds. The minimum absolute atomic E-state index is 0.0838. The minimum atomic E-state index is -3.50. The number of nitrogens with zero attached hydrogens (tertiary/aromatic N) is 4. The van der Waals surface area contributed by atoms with E-state index < -0.39 is 10.0 Å². The zero-order valence-electron chi connectivity index (χ0n) is 17.2. The third-order valence-corrected chi connectivity index (χ3v) is 7.56. The second-order valence-corrected chi connectivity index (χ2v) is 9.98. The standard InChI is InChI=1S/C22H28N4O2S/c1-4-13-26-21(24-20-6-5-12-23-22(20)26)18-11-14-25(15-18)29(27,28)19-9-7-17(8-10-19)16(2)3/h5-10,12,16,18H,4,11,13-15H2,1-3H3/t18-/m0/s1. The average Bonchev–Trinajstić information content (AvgIpc) is 3.34. The van der Waals surface area contributed by atoms with Crippen LogP contribution < -0.4 is 0 Å². The van der Waals surface area contributed by atoms with Crippen molar-refractivity contribution in [3.8, 4) is 0 Å². The van der Waals surface area contributed by atoms with E-state index in [4.69, 9.17) is 4.98 Å². The third-order valence-electron chi connectivity index (χ3n) is 5.68. The molecule has 0 aliphatic carbocycles. The molecule has 2 aromatic heterocycles. The Hall–Kier alpha value is -2.25. The van der Waals surface area contributed by atoms with Crippen LogP contribution in [0.15, 0.2) is 47.5 Å². The van der Waals surface area contributed by atoms with E-state index in [2.05, 4.69) is 30.3 Å². The van der Waals surface area contributed by atoms with Crippen LogP contribution in [0.5, 0.6) is 0 Å². The summed E-state index contributed by atoms with van der Waals surface area (Å²) >= 11 is 0. The maximum Gasteiger partial charge on any atom is 0.243 e. The number of benzene rings is 1. The first-order chi connectivity index (χ1) is 13.9. The third kappa shape index (κ3) is 3.69. The van der Waals surface area contributed by atoms with Gasteiger partial charge in [-0.25, -0.2) is 18.4 Å². The number of imidazole rings is 1. The van der Waals surface area contributed by atoms with Gasteiger partial charge in [0.25, 0.3) is 0 Å². The number of rotatable bonds is 6. The quantitative estimate of drug-likeness (QED) is 0.610. The van der Waals surface area contributed by atoms with Gasteiger partial charge in [-0.2, -0.15) is 4.31 Å². The number of pyridine rings is 1. The molecule has 0 unspecified atom stereocenters. The fourth-order valence-corrected chi connectivity index (χ4v) is 5.56. The summed E-state index contributed by atoms with van der Waals surface area (Å²) in [5.74, 6) is 1.41. The molecule has 1 aliphatic heterocycles. The molecule has 3 heterocycles. The summed E-state index contributed by atoms with van der Waals surface area (Å²) in [5.41, 5.74) is 2.90. The minimum Gasteiger partial charge on any atom is -0.312 e. The maximum atomic E-state index is 13.2. The van der Waals surface area contributed by atoms with E-state index >= 15 is 0 Å². The van der Waals surface area contributed by atoms with Crippen molar-refractivity contribution in [2.24, 2.45) is 0 Å². The number of sulfonamides is 1. The molecule has 154 valence electrons. The molecule has 0 N–H and O–H groups in total. The van der Waals surface area contributed by atoms with Crippen LogP contribution in [0.2, 0.25) is 0 Å². The molecule has 0 saturated carbocycles. The van der Waals surface area contributed by atoms with Crippen LogP contribution in [-0.2, 0) is 16.6 Å². The molecule has 29 heavy (non-hydrogen) atoms. The van der Waals surface area contributed by atoms with Crippen molar-refractivity contribution in [1.29, 1.82) is 0 Å². The zero-order chi connectivity index (χ0) is 20.6. The summed E-state index contributed by atoms with van der Waals surface area (Å²) in [7, 11) is -3.50. The van der Waals surface area contributed by atoms with Crippen LogP contribution in [-0.4, -0.2) is 40.3 Å². The van der Waals surface area contributed by atoms with E-state index in [0.29, 0.717) is 23.9 Å². The summed E-state index contributed by atoms with van der Waals surface area (Å²) in [6, 6.07) is 11.1. The van der Waals surface area contributed by atoms with Gasteiger partial charge in [-0.15, -0.1) is 0 Å². The Morgan fingerprint density at radius 2 is 1.93 bits per heavy atom. The Balaban J connectivity index is 1.60. The lowest BCUT2D eigenvalue weighted by molar-refractivity contribution is 0.468.